The molecule has 0 amide bonds. The summed E-state index contributed by atoms with van der Waals surface area (Å²) in [7, 11) is 0. The number of nitriles is 1. The summed E-state index contributed by atoms with van der Waals surface area (Å²) >= 11 is 0. The molecule has 148 valence electrons. The number of aliphatic hydroxyl groups excluding tert-OH is 1. The summed E-state index contributed by atoms with van der Waals surface area (Å²) in [4.78, 5) is 8.88. The molecule has 0 bridgehead atoms. The van der Waals surface area contributed by atoms with Gasteiger partial charge >= 0.3 is 0 Å². The summed E-state index contributed by atoms with van der Waals surface area (Å²) in [6.07, 6.45) is 8.42. The highest BCUT2D eigenvalue weighted by atomic mass is 16.5. The second-order valence-corrected chi connectivity index (χ2v) is 7.84. The van der Waals surface area contributed by atoms with E-state index in [4.69, 9.17) is 4.74 Å². The Hall–Kier alpha value is -1.91. The Morgan fingerprint density at radius 2 is 1.93 bits per heavy atom. The van der Waals surface area contributed by atoms with Crippen molar-refractivity contribution in [2.24, 2.45) is 5.92 Å². The molecule has 1 aromatic rings. The Morgan fingerprint density at radius 3 is 2.59 bits per heavy atom. The van der Waals surface area contributed by atoms with Crippen molar-refractivity contribution in [2.75, 3.05) is 17.2 Å². The van der Waals surface area contributed by atoms with Gasteiger partial charge in [-0.25, -0.2) is 4.98 Å². The number of nitrogens with zero attached hydrogens (tertiary/aromatic N) is 3. The lowest BCUT2D eigenvalue weighted by molar-refractivity contribution is 0.0346. The van der Waals surface area contributed by atoms with E-state index in [9.17, 15) is 10.4 Å². The first-order valence-corrected chi connectivity index (χ1v) is 10.2. The highest BCUT2D eigenvalue weighted by molar-refractivity contribution is 5.54. The van der Waals surface area contributed by atoms with Gasteiger partial charge in [-0.05, 0) is 57.8 Å². The molecule has 7 nitrogen and oxygen atoms in total. The molecule has 2 aliphatic carbocycles. The molecule has 2 fully saturated rings. The van der Waals surface area contributed by atoms with Crippen molar-refractivity contribution in [1.82, 2.24) is 9.97 Å². The fourth-order valence-corrected chi connectivity index (χ4v) is 4.06. The van der Waals surface area contributed by atoms with E-state index in [1.165, 1.54) is 0 Å². The number of hydrogen-bond donors (Lipinski definition) is 3. The lowest BCUT2D eigenvalue weighted by Crippen LogP contribution is -2.35. The minimum absolute atomic E-state index is 0.132. The molecule has 1 aromatic heterocycles. The minimum Gasteiger partial charge on any atom is -0.393 e. The summed E-state index contributed by atoms with van der Waals surface area (Å²) < 4.78 is 5.71. The Morgan fingerprint density at radius 1 is 1.19 bits per heavy atom. The zero-order valence-corrected chi connectivity index (χ0v) is 16.3. The topological polar surface area (TPSA) is 103 Å². The SMILES string of the molecule is CCOC1CCC(Nc2ncc(C#N)c(N[C@@H]3CC[C@@H](C)[C@H](O)C3)n2)CC1. The van der Waals surface area contributed by atoms with Crippen molar-refractivity contribution < 1.29 is 9.84 Å². The molecule has 27 heavy (non-hydrogen) atoms. The molecule has 0 aromatic carbocycles. The molecule has 0 saturated heterocycles. The number of anilines is 2. The van der Waals surface area contributed by atoms with E-state index in [-0.39, 0.29) is 12.1 Å². The lowest BCUT2D eigenvalue weighted by Gasteiger charge is -2.32. The molecule has 0 aliphatic heterocycles. The molecule has 3 rings (SSSR count). The number of aromatic nitrogens is 2. The molecule has 1 heterocycles. The average molecular weight is 374 g/mol. The predicted octanol–water partition coefficient (Wildman–Crippen LogP) is 3.07. The number of hydrogen-bond acceptors (Lipinski definition) is 7. The van der Waals surface area contributed by atoms with Crippen LogP contribution in [0.1, 0.15) is 64.4 Å². The minimum atomic E-state index is -0.304. The zero-order chi connectivity index (χ0) is 19.2. The zero-order valence-electron chi connectivity index (χ0n) is 16.3. The van der Waals surface area contributed by atoms with Crippen LogP contribution in [-0.2, 0) is 4.74 Å². The molecule has 0 radical (unpaired) electrons. The van der Waals surface area contributed by atoms with Crippen molar-refractivity contribution in [3.05, 3.63) is 11.8 Å². The van der Waals surface area contributed by atoms with Crippen LogP contribution in [0.25, 0.3) is 0 Å². The van der Waals surface area contributed by atoms with E-state index in [0.29, 0.717) is 41.8 Å². The quantitative estimate of drug-likeness (QED) is 0.704. The fourth-order valence-electron chi connectivity index (χ4n) is 4.06. The summed E-state index contributed by atoms with van der Waals surface area (Å²) in [5.74, 6) is 1.44. The third-order valence-corrected chi connectivity index (χ3v) is 5.81. The first-order chi connectivity index (χ1) is 13.1. The first-order valence-electron chi connectivity index (χ1n) is 10.2. The highest BCUT2D eigenvalue weighted by Gasteiger charge is 2.27. The van der Waals surface area contributed by atoms with E-state index in [0.717, 1.165) is 45.1 Å². The van der Waals surface area contributed by atoms with Crippen molar-refractivity contribution in [3.8, 4) is 6.07 Å². The van der Waals surface area contributed by atoms with Crippen molar-refractivity contribution in [2.45, 2.75) is 83.1 Å². The van der Waals surface area contributed by atoms with Gasteiger partial charge in [0, 0.05) is 18.7 Å². The molecule has 2 saturated carbocycles. The maximum atomic E-state index is 10.1. The van der Waals surface area contributed by atoms with Gasteiger partial charge in [-0.15, -0.1) is 0 Å². The summed E-state index contributed by atoms with van der Waals surface area (Å²) in [6.45, 7) is 4.88. The maximum absolute atomic E-state index is 10.1. The first kappa shape index (κ1) is 19.8. The number of rotatable bonds is 6. The van der Waals surface area contributed by atoms with Gasteiger partial charge in [0.2, 0.25) is 5.95 Å². The average Bonchev–Trinajstić information content (AvgIpc) is 2.67. The molecule has 3 atom stereocenters. The third kappa shape index (κ3) is 5.30. The maximum Gasteiger partial charge on any atom is 0.224 e. The van der Waals surface area contributed by atoms with Crippen LogP contribution in [0.4, 0.5) is 11.8 Å². The van der Waals surface area contributed by atoms with Gasteiger partial charge in [0.1, 0.15) is 17.5 Å². The highest BCUT2D eigenvalue weighted by Crippen LogP contribution is 2.28. The van der Waals surface area contributed by atoms with Crippen LogP contribution in [0, 0.1) is 17.2 Å². The van der Waals surface area contributed by atoms with Gasteiger partial charge in [0.05, 0.1) is 18.4 Å². The summed E-state index contributed by atoms with van der Waals surface area (Å²) in [5, 5.41) is 26.3. The molecular weight excluding hydrogens is 342 g/mol. The molecule has 0 spiro atoms. The van der Waals surface area contributed by atoms with Crippen molar-refractivity contribution in [3.63, 3.8) is 0 Å². The fraction of sp³-hybridized carbons (Fsp3) is 0.750. The van der Waals surface area contributed by atoms with Crippen LogP contribution in [0.3, 0.4) is 0 Å². The Bertz CT molecular complexity index is 654. The molecule has 0 unspecified atom stereocenters. The van der Waals surface area contributed by atoms with E-state index in [1.807, 2.05) is 6.92 Å². The third-order valence-electron chi connectivity index (χ3n) is 5.81. The smallest absolute Gasteiger partial charge is 0.224 e. The Labute approximate surface area is 161 Å². The summed E-state index contributed by atoms with van der Waals surface area (Å²) in [5.41, 5.74) is 0.439. The largest absolute Gasteiger partial charge is 0.393 e. The van der Waals surface area contributed by atoms with Crippen LogP contribution in [0.5, 0.6) is 0 Å². The van der Waals surface area contributed by atoms with Gasteiger partial charge in [-0.2, -0.15) is 10.2 Å². The Balaban J connectivity index is 1.61. The van der Waals surface area contributed by atoms with E-state index >= 15 is 0 Å². The molecule has 7 heteroatoms. The second-order valence-electron chi connectivity index (χ2n) is 7.84. The number of aliphatic hydroxyl groups is 1. The van der Waals surface area contributed by atoms with E-state index < -0.39 is 0 Å². The predicted molar refractivity (Wildman–Crippen MR) is 104 cm³/mol. The van der Waals surface area contributed by atoms with Crippen LogP contribution < -0.4 is 10.6 Å². The molecule has 2 aliphatic rings. The molecular formula is C20H31N5O2. The summed E-state index contributed by atoms with van der Waals surface area (Å²) in [6, 6.07) is 2.63. The second kappa shape index (κ2) is 9.34. The number of ether oxygens (including phenoxy) is 1. The van der Waals surface area contributed by atoms with Gasteiger partial charge in [0.25, 0.3) is 0 Å². The van der Waals surface area contributed by atoms with Crippen LogP contribution in [0.2, 0.25) is 0 Å². The number of nitrogens with one attached hydrogen (secondary N) is 2. The van der Waals surface area contributed by atoms with Crippen LogP contribution in [0.15, 0.2) is 6.20 Å². The Kier molecular flexibility index (Phi) is 6.86. The standard InChI is InChI=1S/C20H31N5O2/c1-3-27-17-8-6-15(7-9-17)24-20-22-12-14(11-21)19(25-20)23-16-5-4-13(2)18(26)10-16/h12-13,15-18,26H,3-10H2,1-2H3,(H2,22,23,24,25)/t13-,15?,16-,17?,18-/m1/s1. The van der Waals surface area contributed by atoms with Gasteiger partial charge in [-0.1, -0.05) is 6.92 Å². The lowest BCUT2D eigenvalue weighted by atomic mass is 9.85. The van der Waals surface area contributed by atoms with Crippen LogP contribution >= 0.6 is 0 Å². The van der Waals surface area contributed by atoms with Gasteiger partial charge in [-0.3, -0.25) is 0 Å². The van der Waals surface area contributed by atoms with Crippen molar-refractivity contribution in [1.29, 1.82) is 5.26 Å². The van der Waals surface area contributed by atoms with Gasteiger partial charge < -0.3 is 20.5 Å². The van der Waals surface area contributed by atoms with E-state index in [1.54, 1.807) is 6.20 Å². The molecule has 3 N–H and O–H groups in total. The monoisotopic (exact) mass is 373 g/mol. The van der Waals surface area contributed by atoms with E-state index in [2.05, 4.69) is 33.6 Å². The van der Waals surface area contributed by atoms with Gasteiger partial charge in [0.15, 0.2) is 0 Å². The normalized spacial score (nSPS) is 31.1. The van der Waals surface area contributed by atoms with Crippen molar-refractivity contribution >= 4 is 11.8 Å². The van der Waals surface area contributed by atoms with Crippen LogP contribution in [-0.4, -0.2) is 46.0 Å².